The Morgan fingerprint density at radius 3 is 2.04 bits per heavy atom. The maximum atomic E-state index is 11.5. The summed E-state index contributed by atoms with van der Waals surface area (Å²) in [6.07, 6.45) is -1.08. The first-order chi connectivity index (χ1) is 11.3. The summed E-state index contributed by atoms with van der Waals surface area (Å²) in [7, 11) is 0. The zero-order valence-electron chi connectivity index (χ0n) is 12.7. The first-order valence-electron chi connectivity index (χ1n) is 6.91. The summed E-state index contributed by atoms with van der Waals surface area (Å²) in [5, 5.41) is 18.4. The van der Waals surface area contributed by atoms with E-state index in [0.717, 1.165) is 0 Å². The van der Waals surface area contributed by atoms with Gasteiger partial charge in [-0.15, -0.1) is 0 Å². The Kier molecular flexibility index (Phi) is 4.54. The minimum absolute atomic E-state index is 0.0479. The van der Waals surface area contributed by atoms with E-state index in [0.29, 0.717) is 5.56 Å². The molecule has 0 aliphatic rings. The number of aromatic carboxylic acids is 2. The van der Waals surface area contributed by atoms with Gasteiger partial charge in [0.2, 0.25) is 0 Å². The van der Waals surface area contributed by atoms with Crippen molar-refractivity contribution in [3.05, 3.63) is 70.8 Å². The fourth-order valence-corrected chi connectivity index (χ4v) is 2.49. The number of carbonyl (C=O) groups excluding carboxylic acids is 1. The number of primary amides is 1. The maximum Gasteiger partial charge on any atom is 0.405 e. The molecule has 24 heavy (non-hydrogen) atoms. The quantitative estimate of drug-likeness (QED) is 0.773. The molecule has 0 saturated heterocycles. The number of benzene rings is 2. The van der Waals surface area contributed by atoms with Crippen LogP contribution in [-0.2, 0) is 10.3 Å². The molecule has 1 unspecified atom stereocenters. The van der Waals surface area contributed by atoms with Crippen LogP contribution < -0.4 is 5.73 Å². The molecule has 1 amide bonds. The zero-order valence-corrected chi connectivity index (χ0v) is 12.7. The van der Waals surface area contributed by atoms with Gasteiger partial charge < -0.3 is 20.7 Å². The molecule has 0 fully saturated rings. The number of carbonyl (C=O) groups is 3. The Hall–Kier alpha value is -3.35. The molecule has 2 aromatic carbocycles. The van der Waals surface area contributed by atoms with Crippen molar-refractivity contribution in [2.75, 3.05) is 0 Å². The Morgan fingerprint density at radius 1 is 0.958 bits per heavy atom. The average molecular weight is 329 g/mol. The van der Waals surface area contributed by atoms with Gasteiger partial charge in [0.05, 0.1) is 11.1 Å². The van der Waals surface area contributed by atoms with Gasteiger partial charge in [-0.1, -0.05) is 30.3 Å². The maximum absolute atomic E-state index is 11.5. The Balaban J connectivity index is 2.65. The predicted molar refractivity (Wildman–Crippen MR) is 83.9 cm³/mol. The smallest absolute Gasteiger partial charge is 0.405 e. The number of hydrogen-bond acceptors (Lipinski definition) is 4. The molecule has 0 aromatic heterocycles. The molecule has 0 aliphatic heterocycles. The molecule has 0 bridgehead atoms. The van der Waals surface area contributed by atoms with Gasteiger partial charge in [-0.2, -0.15) is 0 Å². The molecule has 4 N–H and O–H groups in total. The van der Waals surface area contributed by atoms with Crippen LogP contribution in [0.25, 0.3) is 0 Å². The summed E-state index contributed by atoms with van der Waals surface area (Å²) in [5.41, 5.74) is 4.27. The number of carboxylic acids is 2. The van der Waals surface area contributed by atoms with Crippen LogP contribution in [0.1, 0.15) is 38.8 Å². The summed E-state index contributed by atoms with van der Waals surface area (Å²) >= 11 is 0. The van der Waals surface area contributed by atoms with Crippen molar-refractivity contribution in [3.63, 3.8) is 0 Å². The van der Waals surface area contributed by atoms with Crippen molar-refractivity contribution < 1.29 is 29.3 Å². The van der Waals surface area contributed by atoms with Crippen LogP contribution in [-0.4, -0.2) is 28.2 Å². The lowest BCUT2D eigenvalue weighted by molar-refractivity contribution is 0.0545. The number of carboxylic acid groups (broad SMARTS) is 2. The van der Waals surface area contributed by atoms with Crippen LogP contribution in [0.15, 0.2) is 48.5 Å². The second-order valence-electron chi connectivity index (χ2n) is 5.19. The summed E-state index contributed by atoms with van der Waals surface area (Å²) in [4.78, 5) is 33.8. The first kappa shape index (κ1) is 17.0. The largest absolute Gasteiger partial charge is 0.478 e. The third-order valence-corrected chi connectivity index (χ3v) is 3.66. The van der Waals surface area contributed by atoms with E-state index in [2.05, 4.69) is 0 Å². The highest BCUT2D eigenvalue weighted by atomic mass is 16.6. The van der Waals surface area contributed by atoms with E-state index in [-0.39, 0.29) is 16.7 Å². The average Bonchev–Trinajstić information content (AvgIpc) is 2.54. The number of ether oxygens (including phenoxy) is 1. The highest BCUT2D eigenvalue weighted by molar-refractivity contribution is 5.90. The molecule has 0 spiro atoms. The molecular formula is C17H15NO6. The van der Waals surface area contributed by atoms with Crippen LogP contribution in [0.4, 0.5) is 4.79 Å². The van der Waals surface area contributed by atoms with Gasteiger partial charge >= 0.3 is 18.0 Å². The van der Waals surface area contributed by atoms with E-state index in [1.54, 1.807) is 12.1 Å². The third kappa shape index (κ3) is 3.19. The highest BCUT2D eigenvalue weighted by Crippen LogP contribution is 2.35. The lowest BCUT2D eigenvalue weighted by Gasteiger charge is -2.31. The van der Waals surface area contributed by atoms with Crippen molar-refractivity contribution in [2.24, 2.45) is 5.73 Å². The van der Waals surface area contributed by atoms with E-state index in [1.165, 1.54) is 43.3 Å². The summed E-state index contributed by atoms with van der Waals surface area (Å²) in [5.74, 6) is -2.29. The molecule has 0 heterocycles. The van der Waals surface area contributed by atoms with E-state index >= 15 is 0 Å². The van der Waals surface area contributed by atoms with Crippen molar-refractivity contribution >= 4 is 18.0 Å². The molecule has 124 valence electrons. The second-order valence-corrected chi connectivity index (χ2v) is 5.19. The molecule has 0 aliphatic carbocycles. The van der Waals surface area contributed by atoms with Crippen LogP contribution in [0.5, 0.6) is 0 Å². The standard InChI is InChI=1S/C17H15NO6/c1-17(24-16(18)23,11-8-6-10(7-9-11)14(19)20)13-5-3-2-4-12(13)15(21)22/h2-9H,1H3,(H2,18,23)(H,19,20)(H,21,22). The minimum atomic E-state index is -1.49. The second kappa shape index (κ2) is 6.41. The normalized spacial score (nSPS) is 12.9. The molecule has 2 rings (SSSR count). The van der Waals surface area contributed by atoms with Gasteiger partial charge in [-0.25, -0.2) is 14.4 Å². The summed E-state index contributed by atoms with van der Waals surface area (Å²) in [6.45, 7) is 1.50. The Labute approximate surface area is 137 Å². The SMILES string of the molecule is CC(OC(N)=O)(c1ccc(C(=O)O)cc1)c1ccccc1C(=O)O. The Bertz CT molecular complexity index is 799. The summed E-state index contributed by atoms with van der Waals surface area (Å²) in [6, 6.07) is 11.6. The van der Waals surface area contributed by atoms with Gasteiger partial charge in [0.1, 0.15) is 0 Å². The predicted octanol–water partition coefficient (Wildman–Crippen LogP) is 2.44. The topological polar surface area (TPSA) is 127 Å². The van der Waals surface area contributed by atoms with E-state index < -0.39 is 23.6 Å². The van der Waals surface area contributed by atoms with Crippen molar-refractivity contribution in [1.82, 2.24) is 0 Å². The molecule has 0 saturated carbocycles. The van der Waals surface area contributed by atoms with Crippen LogP contribution in [0.3, 0.4) is 0 Å². The van der Waals surface area contributed by atoms with Crippen molar-refractivity contribution in [3.8, 4) is 0 Å². The summed E-state index contributed by atoms with van der Waals surface area (Å²) < 4.78 is 5.23. The van der Waals surface area contributed by atoms with E-state index in [1.807, 2.05) is 0 Å². The molecule has 7 heteroatoms. The van der Waals surface area contributed by atoms with E-state index in [4.69, 9.17) is 15.6 Å². The minimum Gasteiger partial charge on any atom is -0.478 e. The highest BCUT2D eigenvalue weighted by Gasteiger charge is 2.36. The first-order valence-corrected chi connectivity index (χ1v) is 6.91. The van der Waals surface area contributed by atoms with Crippen LogP contribution in [0, 0.1) is 0 Å². The van der Waals surface area contributed by atoms with Crippen molar-refractivity contribution in [2.45, 2.75) is 12.5 Å². The fourth-order valence-electron chi connectivity index (χ4n) is 2.49. The lowest BCUT2D eigenvalue weighted by Crippen LogP contribution is -2.34. The molecule has 1 atom stereocenters. The van der Waals surface area contributed by atoms with Gasteiger partial charge in [-0.3, -0.25) is 0 Å². The number of hydrogen-bond donors (Lipinski definition) is 3. The molecule has 7 nitrogen and oxygen atoms in total. The molecular weight excluding hydrogens is 314 g/mol. The number of rotatable bonds is 5. The van der Waals surface area contributed by atoms with Gasteiger partial charge in [0.25, 0.3) is 0 Å². The van der Waals surface area contributed by atoms with Crippen LogP contribution in [0.2, 0.25) is 0 Å². The lowest BCUT2D eigenvalue weighted by atomic mass is 9.84. The van der Waals surface area contributed by atoms with Gasteiger partial charge in [0.15, 0.2) is 5.60 Å². The number of nitrogens with two attached hydrogens (primary N) is 1. The fraction of sp³-hybridized carbons (Fsp3) is 0.118. The Morgan fingerprint density at radius 2 is 1.54 bits per heavy atom. The van der Waals surface area contributed by atoms with Crippen LogP contribution >= 0.6 is 0 Å². The van der Waals surface area contributed by atoms with E-state index in [9.17, 15) is 19.5 Å². The van der Waals surface area contributed by atoms with Crippen molar-refractivity contribution in [1.29, 1.82) is 0 Å². The zero-order chi connectivity index (χ0) is 17.9. The van der Waals surface area contributed by atoms with Gasteiger partial charge in [0, 0.05) is 5.56 Å². The number of amides is 1. The monoisotopic (exact) mass is 329 g/mol. The van der Waals surface area contributed by atoms with Gasteiger partial charge in [-0.05, 0) is 30.7 Å². The molecule has 2 aromatic rings. The third-order valence-electron chi connectivity index (χ3n) is 3.66. The molecule has 0 radical (unpaired) electrons.